The highest BCUT2D eigenvalue weighted by Gasteiger charge is 2.34. The number of rotatable bonds is 1. The van der Waals surface area contributed by atoms with Crippen molar-refractivity contribution in [3.05, 3.63) is 0 Å². The molecule has 2 unspecified atom stereocenters. The third-order valence-electron chi connectivity index (χ3n) is 2.79. The molecule has 2 saturated heterocycles. The molecular formula is C9H13NO2. The van der Waals surface area contributed by atoms with E-state index in [1.165, 1.54) is 0 Å². The molecule has 2 bridgehead atoms. The lowest BCUT2D eigenvalue weighted by Gasteiger charge is -2.37. The molecule has 0 aromatic carbocycles. The number of carbonyl (C=O) groups excluding carboxylic acids is 2. The third kappa shape index (κ3) is 1.41. The molecule has 1 N–H and O–H groups in total. The average molecular weight is 167 g/mol. The largest absolute Gasteiger partial charge is 0.310 e. The zero-order valence-corrected chi connectivity index (χ0v) is 6.95. The van der Waals surface area contributed by atoms with Crippen LogP contribution in [0.2, 0.25) is 0 Å². The maximum atomic E-state index is 11.1. The number of aldehydes is 1. The van der Waals surface area contributed by atoms with Crippen molar-refractivity contribution in [2.75, 3.05) is 0 Å². The summed E-state index contributed by atoms with van der Waals surface area (Å²) in [5, 5.41) is 3.37. The van der Waals surface area contributed by atoms with Crippen LogP contribution in [0.4, 0.5) is 0 Å². The molecule has 12 heavy (non-hydrogen) atoms. The van der Waals surface area contributed by atoms with Gasteiger partial charge < -0.3 is 10.1 Å². The average Bonchev–Trinajstić information content (AvgIpc) is 2.02. The summed E-state index contributed by atoms with van der Waals surface area (Å²) in [5.74, 6) is 0.544. The van der Waals surface area contributed by atoms with Crippen molar-refractivity contribution >= 4 is 12.1 Å². The predicted molar refractivity (Wildman–Crippen MR) is 43.7 cm³/mol. The Morgan fingerprint density at radius 2 is 1.83 bits per heavy atom. The van der Waals surface area contributed by atoms with Gasteiger partial charge in [-0.3, -0.25) is 4.79 Å². The van der Waals surface area contributed by atoms with Gasteiger partial charge in [-0.15, -0.1) is 0 Å². The SMILES string of the molecule is O=CC1CC2CC(=O)CC(C1)N2. The lowest BCUT2D eigenvalue weighted by molar-refractivity contribution is -0.124. The van der Waals surface area contributed by atoms with E-state index in [-0.39, 0.29) is 18.0 Å². The molecule has 0 radical (unpaired) electrons. The smallest absolute Gasteiger partial charge is 0.136 e. The zero-order chi connectivity index (χ0) is 8.55. The molecule has 2 aliphatic heterocycles. The van der Waals surface area contributed by atoms with Gasteiger partial charge in [0.05, 0.1) is 0 Å². The van der Waals surface area contributed by atoms with E-state index in [1.807, 2.05) is 0 Å². The molecule has 0 spiro atoms. The number of carbonyl (C=O) groups is 2. The molecule has 3 nitrogen and oxygen atoms in total. The number of nitrogens with one attached hydrogen (secondary N) is 1. The highest BCUT2D eigenvalue weighted by Crippen LogP contribution is 2.26. The van der Waals surface area contributed by atoms with Gasteiger partial charge in [0.25, 0.3) is 0 Å². The van der Waals surface area contributed by atoms with Crippen LogP contribution >= 0.6 is 0 Å². The molecule has 2 heterocycles. The molecular weight excluding hydrogens is 154 g/mol. The van der Waals surface area contributed by atoms with Gasteiger partial charge in [-0.25, -0.2) is 0 Å². The van der Waals surface area contributed by atoms with Crippen molar-refractivity contribution in [2.24, 2.45) is 5.92 Å². The fourth-order valence-electron chi connectivity index (χ4n) is 2.33. The number of ketones is 1. The molecule has 3 heteroatoms. The molecule has 0 aromatic rings. The number of piperidine rings is 2. The van der Waals surface area contributed by atoms with E-state index in [1.54, 1.807) is 0 Å². The summed E-state index contributed by atoms with van der Waals surface area (Å²) < 4.78 is 0. The maximum absolute atomic E-state index is 11.1. The van der Waals surface area contributed by atoms with Gasteiger partial charge in [0.1, 0.15) is 12.1 Å². The topological polar surface area (TPSA) is 46.2 Å². The summed E-state index contributed by atoms with van der Waals surface area (Å²) >= 11 is 0. The van der Waals surface area contributed by atoms with Crippen LogP contribution in [0, 0.1) is 5.92 Å². The van der Waals surface area contributed by atoms with Crippen LogP contribution in [0.25, 0.3) is 0 Å². The minimum atomic E-state index is 0.189. The Kier molecular flexibility index (Phi) is 1.97. The summed E-state index contributed by atoms with van der Waals surface area (Å²) in [5.41, 5.74) is 0. The van der Waals surface area contributed by atoms with Crippen LogP contribution in [-0.2, 0) is 9.59 Å². The Bertz CT molecular complexity index is 199. The van der Waals surface area contributed by atoms with Gasteiger partial charge >= 0.3 is 0 Å². The first kappa shape index (κ1) is 7.92. The van der Waals surface area contributed by atoms with E-state index < -0.39 is 0 Å². The van der Waals surface area contributed by atoms with Gasteiger partial charge in [0, 0.05) is 30.8 Å². The molecule has 2 fully saturated rings. The quantitative estimate of drug-likeness (QED) is 0.571. The van der Waals surface area contributed by atoms with Crippen LogP contribution in [0.15, 0.2) is 0 Å². The Labute approximate surface area is 71.5 Å². The standard InChI is InChI=1S/C9H13NO2/c11-5-6-1-7-3-9(12)4-8(2-6)10-7/h5-8,10H,1-4H2. The number of hydrogen-bond acceptors (Lipinski definition) is 3. The van der Waals surface area contributed by atoms with Gasteiger partial charge in [-0.1, -0.05) is 0 Å². The molecule has 2 atom stereocenters. The lowest BCUT2D eigenvalue weighted by Crippen LogP contribution is -2.51. The van der Waals surface area contributed by atoms with Crippen molar-refractivity contribution in [2.45, 2.75) is 37.8 Å². The van der Waals surface area contributed by atoms with E-state index in [9.17, 15) is 9.59 Å². The van der Waals surface area contributed by atoms with Gasteiger partial charge in [0.15, 0.2) is 0 Å². The minimum absolute atomic E-state index is 0.189. The molecule has 2 rings (SSSR count). The van der Waals surface area contributed by atoms with Crippen LogP contribution in [0.5, 0.6) is 0 Å². The molecule has 0 aliphatic carbocycles. The van der Waals surface area contributed by atoms with E-state index >= 15 is 0 Å². The van der Waals surface area contributed by atoms with Gasteiger partial charge in [-0.2, -0.15) is 0 Å². The molecule has 0 saturated carbocycles. The Hall–Kier alpha value is -0.700. The lowest BCUT2D eigenvalue weighted by atomic mass is 9.80. The Morgan fingerprint density at radius 3 is 2.33 bits per heavy atom. The highest BCUT2D eigenvalue weighted by molar-refractivity contribution is 5.81. The fraction of sp³-hybridized carbons (Fsp3) is 0.778. The molecule has 2 aliphatic rings. The van der Waals surface area contributed by atoms with Crippen LogP contribution in [-0.4, -0.2) is 24.2 Å². The van der Waals surface area contributed by atoms with Crippen molar-refractivity contribution in [3.8, 4) is 0 Å². The van der Waals surface area contributed by atoms with Crippen LogP contribution in [0.3, 0.4) is 0 Å². The molecule has 0 aromatic heterocycles. The monoisotopic (exact) mass is 167 g/mol. The number of Topliss-reactive ketones (excluding diaryl/α,β-unsaturated/α-hetero) is 1. The number of fused-ring (bicyclic) bond motifs is 2. The summed E-state index contributed by atoms with van der Waals surface area (Å²) in [6.07, 6.45) is 4.00. The van der Waals surface area contributed by atoms with E-state index in [2.05, 4.69) is 5.32 Å². The van der Waals surface area contributed by atoms with E-state index in [0.29, 0.717) is 18.6 Å². The van der Waals surface area contributed by atoms with Gasteiger partial charge in [0.2, 0.25) is 0 Å². The maximum Gasteiger partial charge on any atom is 0.136 e. The molecule has 66 valence electrons. The Balaban J connectivity index is 2.05. The summed E-state index contributed by atoms with van der Waals surface area (Å²) in [6, 6.07) is 0.556. The highest BCUT2D eigenvalue weighted by atomic mass is 16.1. The second-order valence-electron chi connectivity index (χ2n) is 3.88. The summed E-state index contributed by atoms with van der Waals surface area (Å²) in [7, 11) is 0. The van der Waals surface area contributed by atoms with Crippen molar-refractivity contribution in [1.29, 1.82) is 0 Å². The van der Waals surface area contributed by atoms with E-state index in [0.717, 1.165) is 19.1 Å². The first-order valence-corrected chi connectivity index (χ1v) is 4.51. The first-order valence-electron chi connectivity index (χ1n) is 4.51. The van der Waals surface area contributed by atoms with Gasteiger partial charge in [-0.05, 0) is 12.8 Å². The predicted octanol–water partition coefficient (Wildman–Crippen LogP) is 0.285. The van der Waals surface area contributed by atoms with Crippen molar-refractivity contribution in [1.82, 2.24) is 5.32 Å². The van der Waals surface area contributed by atoms with Crippen LogP contribution < -0.4 is 5.32 Å². The third-order valence-corrected chi connectivity index (χ3v) is 2.79. The summed E-state index contributed by atoms with van der Waals surface area (Å²) in [4.78, 5) is 21.7. The van der Waals surface area contributed by atoms with Crippen LogP contribution in [0.1, 0.15) is 25.7 Å². The van der Waals surface area contributed by atoms with E-state index in [4.69, 9.17) is 0 Å². The normalized spacial score (nSPS) is 41.0. The minimum Gasteiger partial charge on any atom is -0.310 e. The first-order chi connectivity index (χ1) is 5.78. The molecule has 0 amide bonds. The Morgan fingerprint density at radius 1 is 1.25 bits per heavy atom. The fourth-order valence-corrected chi connectivity index (χ4v) is 2.33. The second-order valence-corrected chi connectivity index (χ2v) is 3.88. The number of hydrogen-bond donors (Lipinski definition) is 1. The van der Waals surface area contributed by atoms with Crippen molar-refractivity contribution < 1.29 is 9.59 Å². The zero-order valence-electron chi connectivity index (χ0n) is 6.95. The second kappa shape index (κ2) is 2.98. The summed E-state index contributed by atoms with van der Waals surface area (Å²) in [6.45, 7) is 0. The van der Waals surface area contributed by atoms with Crippen molar-refractivity contribution in [3.63, 3.8) is 0 Å².